The van der Waals surface area contributed by atoms with Crippen molar-refractivity contribution in [3.05, 3.63) is 28.2 Å². The minimum atomic E-state index is 0.00304. The molecule has 1 aliphatic rings. The van der Waals surface area contributed by atoms with Crippen LogP contribution in [0.2, 0.25) is 0 Å². The summed E-state index contributed by atoms with van der Waals surface area (Å²) >= 11 is 3.49. The van der Waals surface area contributed by atoms with Crippen LogP contribution in [0.15, 0.2) is 22.7 Å². The second kappa shape index (κ2) is 6.58. The van der Waals surface area contributed by atoms with Gasteiger partial charge in [-0.2, -0.15) is 0 Å². The number of rotatable bonds is 3. The average Bonchev–Trinajstić information content (AvgIpc) is 2.60. The highest BCUT2D eigenvalue weighted by Gasteiger charge is 2.16. The van der Waals surface area contributed by atoms with Crippen LogP contribution in [0.3, 0.4) is 0 Å². The highest BCUT2D eigenvalue weighted by molar-refractivity contribution is 9.10. The standard InChI is InChI=1S/C15H22BrNO/c1-11(17)14-10-12(16)8-9-15(14)18-13-6-4-2-3-5-7-13/h8-11,13H,2-7,17H2,1H3/t11-/m0/s1. The van der Waals surface area contributed by atoms with Crippen molar-refractivity contribution in [2.24, 2.45) is 5.73 Å². The Bertz CT molecular complexity index is 384. The summed E-state index contributed by atoms with van der Waals surface area (Å²) < 4.78 is 7.24. The van der Waals surface area contributed by atoms with Gasteiger partial charge in [-0.1, -0.05) is 28.8 Å². The van der Waals surface area contributed by atoms with E-state index in [1.807, 2.05) is 19.1 Å². The third-order valence-electron chi connectivity index (χ3n) is 3.56. The summed E-state index contributed by atoms with van der Waals surface area (Å²) in [6, 6.07) is 6.13. The number of ether oxygens (including phenoxy) is 1. The summed E-state index contributed by atoms with van der Waals surface area (Å²) in [7, 11) is 0. The first-order valence-electron chi connectivity index (χ1n) is 6.88. The summed E-state index contributed by atoms with van der Waals surface area (Å²) in [4.78, 5) is 0. The Labute approximate surface area is 118 Å². The minimum Gasteiger partial charge on any atom is -0.490 e. The molecule has 0 radical (unpaired) electrons. The van der Waals surface area contributed by atoms with E-state index in [1.54, 1.807) is 0 Å². The van der Waals surface area contributed by atoms with E-state index >= 15 is 0 Å². The van der Waals surface area contributed by atoms with Gasteiger partial charge < -0.3 is 10.5 Å². The molecule has 18 heavy (non-hydrogen) atoms. The van der Waals surface area contributed by atoms with E-state index in [-0.39, 0.29) is 6.04 Å². The summed E-state index contributed by atoms with van der Waals surface area (Å²) in [5.41, 5.74) is 7.11. The first-order chi connectivity index (χ1) is 8.66. The second-order valence-electron chi connectivity index (χ2n) is 5.20. The molecule has 3 heteroatoms. The highest BCUT2D eigenvalue weighted by Crippen LogP contribution is 2.30. The molecule has 1 atom stereocenters. The van der Waals surface area contributed by atoms with Crippen LogP contribution in [0.4, 0.5) is 0 Å². The summed E-state index contributed by atoms with van der Waals surface area (Å²) in [5, 5.41) is 0. The van der Waals surface area contributed by atoms with Gasteiger partial charge in [0.15, 0.2) is 0 Å². The molecule has 0 heterocycles. The number of halogens is 1. The Kier molecular flexibility index (Phi) is 5.07. The first kappa shape index (κ1) is 13.9. The third kappa shape index (κ3) is 3.72. The van der Waals surface area contributed by atoms with E-state index in [1.165, 1.54) is 38.5 Å². The molecule has 0 unspecified atom stereocenters. The van der Waals surface area contributed by atoms with E-state index in [0.717, 1.165) is 15.8 Å². The van der Waals surface area contributed by atoms with E-state index in [4.69, 9.17) is 10.5 Å². The van der Waals surface area contributed by atoms with Gasteiger partial charge in [0.1, 0.15) is 5.75 Å². The SMILES string of the molecule is C[C@H](N)c1cc(Br)ccc1OC1CCCCCC1. The van der Waals surface area contributed by atoms with E-state index in [9.17, 15) is 0 Å². The van der Waals surface area contributed by atoms with Crippen LogP contribution >= 0.6 is 15.9 Å². The van der Waals surface area contributed by atoms with Crippen LogP contribution in [0, 0.1) is 0 Å². The Morgan fingerprint density at radius 1 is 1.22 bits per heavy atom. The van der Waals surface area contributed by atoms with Gasteiger partial charge >= 0.3 is 0 Å². The van der Waals surface area contributed by atoms with Gasteiger partial charge in [-0.05, 0) is 50.8 Å². The molecule has 100 valence electrons. The molecular weight excluding hydrogens is 290 g/mol. The average molecular weight is 312 g/mol. The van der Waals surface area contributed by atoms with Crippen molar-refractivity contribution in [1.29, 1.82) is 0 Å². The van der Waals surface area contributed by atoms with E-state index in [0.29, 0.717) is 6.10 Å². The third-order valence-corrected chi connectivity index (χ3v) is 4.05. The van der Waals surface area contributed by atoms with Crippen LogP contribution in [0.25, 0.3) is 0 Å². The quantitative estimate of drug-likeness (QED) is 0.830. The molecular formula is C15H22BrNO. The molecule has 1 aromatic carbocycles. The molecule has 0 spiro atoms. The van der Waals surface area contributed by atoms with Crippen LogP contribution in [0.1, 0.15) is 57.1 Å². The Morgan fingerprint density at radius 3 is 2.50 bits per heavy atom. The molecule has 0 aromatic heterocycles. The molecule has 0 amide bonds. The van der Waals surface area contributed by atoms with E-state index in [2.05, 4.69) is 22.0 Å². The van der Waals surface area contributed by atoms with Gasteiger partial charge in [0, 0.05) is 16.1 Å². The molecule has 1 aromatic rings. The molecule has 2 nitrogen and oxygen atoms in total. The Morgan fingerprint density at radius 2 is 1.89 bits per heavy atom. The minimum absolute atomic E-state index is 0.00304. The maximum Gasteiger partial charge on any atom is 0.124 e. The fourth-order valence-corrected chi connectivity index (χ4v) is 2.90. The van der Waals surface area contributed by atoms with Crippen molar-refractivity contribution >= 4 is 15.9 Å². The lowest BCUT2D eigenvalue weighted by atomic mass is 10.1. The zero-order valence-corrected chi connectivity index (χ0v) is 12.6. The molecule has 0 aliphatic heterocycles. The van der Waals surface area contributed by atoms with Crippen molar-refractivity contribution < 1.29 is 4.74 Å². The maximum absolute atomic E-state index is 6.18. The molecule has 0 bridgehead atoms. The van der Waals surface area contributed by atoms with Gasteiger partial charge in [0.25, 0.3) is 0 Å². The van der Waals surface area contributed by atoms with Crippen LogP contribution in [-0.2, 0) is 0 Å². The lowest BCUT2D eigenvalue weighted by Gasteiger charge is -2.21. The van der Waals surface area contributed by atoms with Crippen molar-refractivity contribution in [3.8, 4) is 5.75 Å². The highest BCUT2D eigenvalue weighted by atomic mass is 79.9. The topological polar surface area (TPSA) is 35.2 Å². The van der Waals surface area contributed by atoms with Crippen LogP contribution < -0.4 is 10.5 Å². The predicted octanol–water partition coefficient (Wildman–Crippen LogP) is 4.57. The van der Waals surface area contributed by atoms with Crippen molar-refractivity contribution in [3.63, 3.8) is 0 Å². The molecule has 1 saturated carbocycles. The van der Waals surface area contributed by atoms with E-state index < -0.39 is 0 Å². The number of hydrogen-bond donors (Lipinski definition) is 1. The number of nitrogens with two attached hydrogens (primary N) is 1. The van der Waals surface area contributed by atoms with Gasteiger partial charge in [0.2, 0.25) is 0 Å². The monoisotopic (exact) mass is 311 g/mol. The van der Waals surface area contributed by atoms with Crippen molar-refractivity contribution in [2.45, 2.75) is 57.6 Å². The Hall–Kier alpha value is -0.540. The summed E-state index contributed by atoms with van der Waals surface area (Å²) in [6.07, 6.45) is 7.98. The maximum atomic E-state index is 6.18. The van der Waals surface area contributed by atoms with Crippen molar-refractivity contribution in [2.75, 3.05) is 0 Å². The zero-order valence-electron chi connectivity index (χ0n) is 11.0. The zero-order chi connectivity index (χ0) is 13.0. The Balaban J connectivity index is 2.12. The number of hydrogen-bond acceptors (Lipinski definition) is 2. The smallest absolute Gasteiger partial charge is 0.124 e. The molecule has 2 N–H and O–H groups in total. The van der Waals surface area contributed by atoms with Gasteiger partial charge in [-0.3, -0.25) is 0 Å². The second-order valence-corrected chi connectivity index (χ2v) is 6.12. The largest absolute Gasteiger partial charge is 0.490 e. The lowest BCUT2D eigenvalue weighted by Crippen LogP contribution is -2.17. The molecule has 2 rings (SSSR count). The lowest BCUT2D eigenvalue weighted by molar-refractivity contribution is 0.181. The van der Waals surface area contributed by atoms with Crippen molar-refractivity contribution in [1.82, 2.24) is 0 Å². The van der Waals surface area contributed by atoms with Crippen LogP contribution in [0.5, 0.6) is 5.75 Å². The first-order valence-corrected chi connectivity index (χ1v) is 7.68. The van der Waals surface area contributed by atoms with Crippen LogP contribution in [-0.4, -0.2) is 6.10 Å². The fraction of sp³-hybridized carbons (Fsp3) is 0.600. The number of benzene rings is 1. The van der Waals surface area contributed by atoms with Gasteiger partial charge in [-0.25, -0.2) is 0 Å². The van der Waals surface area contributed by atoms with Gasteiger partial charge in [0.05, 0.1) is 6.10 Å². The molecule has 0 saturated heterocycles. The summed E-state index contributed by atoms with van der Waals surface area (Å²) in [6.45, 7) is 2.00. The normalized spacial score (nSPS) is 19.3. The molecule has 1 fully saturated rings. The van der Waals surface area contributed by atoms with Gasteiger partial charge in [-0.15, -0.1) is 0 Å². The molecule has 1 aliphatic carbocycles. The summed E-state index contributed by atoms with van der Waals surface area (Å²) in [5.74, 6) is 0.958. The predicted molar refractivity (Wildman–Crippen MR) is 78.9 cm³/mol. The fourth-order valence-electron chi connectivity index (χ4n) is 2.52.